The van der Waals surface area contributed by atoms with Crippen molar-refractivity contribution < 1.29 is 14.3 Å². The molecule has 0 spiro atoms. The summed E-state index contributed by atoms with van der Waals surface area (Å²) in [5.41, 5.74) is 0.483. The number of hydrogen-bond donors (Lipinski definition) is 0. The van der Waals surface area contributed by atoms with Crippen LogP contribution in [-0.2, 0) is 9.47 Å². The number of aromatic nitrogens is 1. The molecule has 0 N–H and O–H groups in total. The lowest BCUT2D eigenvalue weighted by atomic mass is 10.1. The SMILES string of the molecule is CCOC(=O)c1ccc(N(CCOC)C(CC)CC)nc1. The molecule has 0 bridgehead atoms. The van der Waals surface area contributed by atoms with Gasteiger partial charge in [-0.15, -0.1) is 0 Å². The monoisotopic (exact) mass is 294 g/mol. The van der Waals surface area contributed by atoms with Crippen LogP contribution in [0.15, 0.2) is 18.3 Å². The molecule has 1 aromatic heterocycles. The molecule has 118 valence electrons. The molecule has 0 aliphatic carbocycles. The number of rotatable bonds is 9. The molecule has 0 saturated carbocycles. The van der Waals surface area contributed by atoms with Crippen molar-refractivity contribution >= 4 is 11.8 Å². The standard InChI is InChI=1S/C16H26N2O3/c1-5-14(6-2)18(10-11-20-4)15-9-8-13(12-17-15)16(19)21-7-3/h8-9,12,14H,5-7,10-11H2,1-4H3. The van der Waals surface area contributed by atoms with Gasteiger partial charge >= 0.3 is 5.97 Å². The van der Waals surface area contributed by atoms with Crippen LogP contribution in [0.4, 0.5) is 5.82 Å². The minimum absolute atomic E-state index is 0.331. The zero-order valence-corrected chi connectivity index (χ0v) is 13.5. The highest BCUT2D eigenvalue weighted by atomic mass is 16.5. The highest BCUT2D eigenvalue weighted by molar-refractivity contribution is 5.89. The first-order valence-electron chi connectivity index (χ1n) is 7.56. The fourth-order valence-electron chi connectivity index (χ4n) is 2.29. The maximum Gasteiger partial charge on any atom is 0.339 e. The molecule has 0 atom stereocenters. The van der Waals surface area contributed by atoms with E-state index in [2.05, 4.69) is 23.7 Å². The summed E-state index contributed by atoms with van der Waals surface area (Å²) in [6.07, 6.45) is 3.67. The number of methoxy groups -OCH3 is 1. The molecule has 0 unspecified atom stereocenters. The lowest BCUT2D eigenvalue weighted by molar-refractivity contribution is 0.0526. The van der Waals surface area contributed by atoms with Crippen LogP contribution in [0.1, 0.15) is 44.0 Å². The molecule has 0 aromatic carbocycles. The van der Waals surface area contributed by atoms with Gasteiger partial charge in [0.05, 0.1) is 18.8 Å². The Morgan fingerprint density at radius 1 is 1.29 bits per heavy atom. The van der Waals surface area contributed by atoms with Crippen LogP contribution >= 0.6 is 0 Å². The predicted molar refractivity (Wildman–Crippen MR) is 83.8 cm³/mol. The van der Waals surface area contributed by atoms with E-state index in [9.17, 15) is 4.79 Å². The normalized spacial score (nSPS) is 10.7. The van der Waals surface area contributed by atoms with Gasteiger partial charge in [0.25, 0.3) is 0 Å². The second-order valence-electron chi connectivity index (χ2n) is 4.78. The number of anilines is 1. The van der Waals surface area contributed by atoms with E-state index in [1.54, 1.807) is 26.3 Å². The van der Waals surface area contributed by atoms with Crippen LogP contribution in [-0.4, -0.2) is 43.9 Å². The molecule has 5 nitrogen and oxygen atoms in total. The first kappa shape index (κ1) is 17.4. The van der Waals surface area contributed by atoms with Crippen molar-refractivity contribution in [3.05, 3.63) is 23.9 Å². The highest BCUT2D eigenvalue weighted by Gasteiger charge is 2.17. The summed E-state index contributed by atoms with van der Waals surface area (Å²) in [5.74, 6) is 0.538. The van der Waals surface area contributed by atoms with Gasteiger partial charge in [-0.05, 0) is 31.9 Å². The van der Waals surface area contributed by atoms with E-state index in [1.807, 2.05) is 6.07 Å². The van der Waals surface area contributed by atoms with Gasteiger partial charge in [0.2, 0.25) is 0 Å². The van der Waals surface area contributed by atoms with E-state index in [0.717, 1.165) is 25.2 Å². The number of nitrogens with zero attached hydrogens (tertiary/aromatic N) is 2. The number of esters is 1. The Bertz CT molecular complexity index is 416. The lowest BCUT2D eigenvalue weighted by Gasteiger charge is -2.31. The summed E-state index contributed by atoms with van der Waals surface area (Å²) >= 11 is 0. The molecular formula is C16H26N2O3. The maximum atomic E-state index is 11.6. The minimum Gasteiger partial charge on any atom is -0.462 e. The predicted octanol–water partition coefficient (Wildman–Crippen LogP) is 2.90. The van der Waals surface area contributed by atoms with E-state index in [-0.39, 0.29) is 5.97 Å². The molecule has 0 radical (unpaired) electrons. The van der Waals surface area contributed by atoms with Crippen LogP contribution < -0.4 is 4.90 Å². The zero-order chi connectivity index (χ0) is 15.7. The summed E-state index contributed by atoms with van der Waals surface area (Å²) in [6.45, 7) is 7.93. The average molecular weight is 294 g/mol. The molecule has 21 heavy (non-hydrogen) atoms. The second-order valence-corrected chi connectivity index (χ2v) is 4.78. The first-order chi connectivity index (χ1) is 10.2. The number of pyridine rings is 1. The molecule has 0 amide bonds. The summed E-state index contributed by atoms with van der Waals surface area (Å²) in [7, 11) is 1.70. The Morgan fingerprint density at radius 3 is 2.48 bits per heavy atom. The third-order valence-electron chi connectivity index (χ3n) is 3.47. The number of hydrogen-bond acceptors (Lipinski definition) is 5. The summed E-state index contributed by atoms with van der Waals surface area (Å²) in [6, 6.07) is 4.06. The van der Waals surface area contributed by atoms with Gasteiger partial charge in [0, 0.05) is 25.9 Å². The third-order valence-corrected chi connectivity index (χ3v) is 3.47. The minimum atomic E-state index is -0.331. The highest BCUT2D eigenvalue weighted by Crippen LogP contribution is 2.18. The van der Waals surface area contributed by atoms with E-state index in [4.69, 9.17) is 9.47 Å². The van der Waals surface area contributed by atoms with Gasteiger partial charge in [-0.3, -0.25) is 0 Å². The van der Waals surface area contributed by atoms with Gasteiger partial charge in [-0.2, -0.15) is 0 Å². The fraction of sp³-hybridized carbons (Fsp3) is 0.625. The van der Waals surface area contributed by atoms with Crippen LogP contribution in [0.2, 0.25) is 0 Å². The molecule has 5 heteroatoms. The van der Waals surface area contributed by atoms with Crippen molar-refractivity contribution in [2.24, 2.45) is 0 Å². The second kappa shape index (κ2) is 9.34. The molecule has 0 saturated heterocycles. The van der Waals surface area contributed by atoms with Crippen molar-refractivity contribution in [3.8, 4) is 0 Å². The van der Waals surface area contributed by atoms with Gasteiger partial charge in [0.1, 0.15) is 5.82 Å². The summed E-state index contributed by atoms with van der Waals surface area (Å²) in [4.78, 5) is 18.3. The number of carbonyl (C=O) groups is 1. The van der Waals surface area contributed by atoms with Crippen molar-refractivity contribution in [1.82, 2.24) is 4.98 Å². The fourth-order valence-corrected chi connectivity index (χ4v) is 2.29. The quantitative estimate of drug-likeness (QED) is 0.655. The Hall–Kier alpha value is -1.62. The summed E-state index contributed by atoms with van der Waals surface area (Å²) < 4.78 is 10.2. The van der Waals surface area contributed by atoms with E-state index in [1.165, 1.54) is 0 Å². The summed E-state index contributed by atoms with van der Waals surface area (Å²) in [5, 5.41) is 0. The molecule has 1 rings (SSSR count). The number of ether oxygens (including phenoxy) is 2. The zero-order valence-electron chi connectivity index (χ0n) is 13.5. The molecule has 0 fully saturated rings. The topological polar surface area (TPSA) is 51.7 Å². The average Bonchev–Trinajstić information content (AvgIpc) is 2.52. The van der Waals surface area contributed by atoms with Crippen molar-refractivity contribution in [3.63, 3.8) is 0 Å². The van der Waals surface area contributed by atoms with Crippen molar-refractivity contribution in [2.45, 2.75) is 39.7 Å². The molecule has 1 heterocycles. The Balaban J connectivity index is 2.89. The van der Waals surface area contributed by atoms with Gasteiger partial charge in [-0.25, -0.2) is 9.78 Å². The van der Waals surface area contributed by atoms with Crippen LogP contribution in [0.5, 0.6) is 0 Å². The van der Waals surface area contributed by atoms with Gasteiger partial charge < -0.3 is 14.4 Å². The smallest absolute Gasteiger partial charge is 0.339 e. The van der Waals surface area contributed by atoms with Crippen LogP contribution in [0, 0.1) is 0 Å². The van der Waals surface area contributed by atoms with Crippen LogP contribution in [0.25, 0.3) is 0 Å². The molecular weight excluding hydrogens is 268 g/mol. The molecule has 0 aliphatic heterocycles. The number of carbonyl (C=O) groups excluding carboxylic acids is 1. The first-order valence-corrected chi connectivity index (χ1v) is 7.56. The lowest BCUT2D eigenvalue weighted by Crippen LogP contribution is -2.37. The maximum absolute atomic E-state index is 11.6. The van der Waals surface area contributed by atoms with E-state index < -0.39 is 0 Å². The van der Waals surface area contributed by atoms with Crippen molar-refractivity contribution in [1.29, 1.82) is 0 Å². The van der Waals surface area contributed by atoms with Crippen LogP contribution in [0.3, 0.4) is 0 Å². The van der Waals surface area contributed by atoms with Crippen molar-refractivity contribution in [2.75, 3.05) is 31.8 Å². The molecule has 0 aliphatic rings. The third kappa shape index (κ3) is 5.01. The van der Waals surface area contributed by atoms with Gasteiger partial charge in [-0.1, -0.05) is 13.8 Å². The largest absolute Gasteiger partial charge is 0.462 e. The van der Waals surface area contributed by atoms with E-state index >= 15 is 0 Å². The van der Waals surface area contributed by atoms with E-state index in [0.29, 0.717) is 24.8 Å². The Labute approximate surface area is 127 Å². The Morgan fingerprint density at radius 2 is 2.00 bits per heavy atom. The molecule has 1 aromatic rings. The van der Waals surface area contributed by atoms with Gasteiger partial charge in [0.15, 0.2) is 0 Å². The Kier molecular flexibility index (Phi) is 7.75.